The highest BCUT2D eigenvalue weighted by Crippen LogP contribution is 2.38. The zero-order valence-corrected chi connectivity index (χ0v) is 21.5. The number of fused-ring (bicyclic) bond motifs is 1. The summed E-state index contributed by atoms with van der Waals surface area (Å²) < 4.78 is 20.3. The van der Waals surface area contributed by atoms with Gasteiger partial charge in [-0.15, -0.1) is 0 Å². The Morgan fingerprint density at radius 1 is 1.00 bits per heavy atom. The standard InChI is InChI=1S/C30H41FN2O2/c1-24(2)22-32-19-20-35-28-13-6-4-9-25(28)10-7-8-14-30(23-32)15-17-33(18-16-30)29(34)21-26-11-3-5-12-27(26)31/h3-6,9,11-13,24H,7-8,10,14-23H2,1-2H3. The Labute approximate surface area is 210 Å². The van der Waals surface area contributed by atoms with Gasteiger partial charge in [0.25, 0.3) is 0 Å². The Kier molecular flexibility index (Phi) is 8.83. The maximum atomic E-state index is 14.1. The smallest absolute Gasteiger partial charge is 0.227 e. The Bertz CT molecular complexity index is 968. The normalized spacial score (nSPS) is 19.5. The molecule has 4 nitrogen and oxygen atoms in total. The predicted molar refractivity (Wildman–Crippen MR) is 139 cm³/mol. The molecule has 2 aliphatic heterocycles. The van der Waals surface area contributed by atoms with Crippen LogP contribution >= 0.6 is 0 Å². The lowest BCUT2D eigenvalue weighted by atomic mass is 9.73. The highest BCUT2D eigenvalue weighted by atomic mass is 19.1. The third kappa shape index (κ3) is 7.07. The molecule has 1 spiro atoms. The fourth-order valence-corrected chi connectivity index (χ4v) is 5.81. The van der Waals surface area contributed by atoms with Crippen LogP contribution in [0.2, 0.25) is 0 Å². The van der Waals surface area contributed by atoms with Crippen LogP contribution in [-0.4, -0.2) is 55.0 Å². The van der Waals surface area contributed by atoms with Gasteiger partial charge in [-0.1, -0.05) is 56.7 Å². The minimum atomic E-state index is -0.290. The maximum absolute atomic E-state index is 14.1. The number of benzene rings is 2. The zero-order valence-electron chi connectivity index (χ0n) is 21.5. The first-order valence-electron chi connectivity index (χ1n) is 13.4. The van der Waals surface area contributed by atoms with Crippen molar-refractivity contribution in [3.05, 3.63) is 65.5 Å². The van der Waals surface area contributed by atoms with Gasteiger partial charge >= 0.3 is 0 Å². The lowest BCUT2D eigenvalue weighted by molar-refractivity contribution is -0.133. The van der Waals surface area contributed by atoms with Gasteiger partial charge in [-0.05, 0) is 66.7 Å². The van der Waals surface area contributed by atoms with Crippen LogP contribution in [-0.2, 0) is 17.6 Å². The molecular formula is C30H41FN2O2. The summed E-state index contributed by atoms with van der Waals surface area (Å²) in [7, 11) is 0. The number of piperidine rings is 1. The summed E-state index contributed by atoms with van der Waals surface area (Å²) in [6.45, 7) is 9.83. The molecule has 2 aromatic carbocycles. The van der Waals surface area contributed by atoms with Crippen molar-refractivity contribution in [2.75, 3.05) is 39.3 Å². The van der Waals surface area contributed by atoms with Crippen LogP contribution in [0.15, 0.2) is 48.5 Å². The van der Waals surface area contributed by atoms with E-state index in [2.05, 4.69) is 43.0 Å². The molecule has 5 heteroatoms. The number of carbonyl (C=O) groups is 1. The number of nitrogens with zero attached hydrogens (tertiary/aromatic N) is 2. The van der Waals surface area contributed by atoms with Crippen molar-refractivity contribution in [1.82, 2.24) is 9.80 Å². The molecule has 35 heavy (non-hydrogen) atoms. The van der Waals surface area contributed by atoms with Gasteiger partial charge in [-0.2, -0.15) is 0 Å². The number of rotatable bonds is 4. The largest absolute Gasteiger partial charge is 0.492 e. The van der Waals surface area contributed by atoms with Crippen molar-refractivity contribution in [3.63, 3.8) is 0 Å². The zero-order chi connectivity index (χ0) is 24.7. The molecule has 2 heterocycles. The van der Waals surface area contributed by atoms with Crippen LogP contribution in [0.1, 0.15) is 57.1 Å². The van der Waals surface area contributed by atoms with E-state index in [0.717, 1.165) is 64.2 Å². The molecule has 2 aliphatic rings. The van der Waals surface area contributed by atoms with Crippen LogP contribution in [0.25, 0.3) is 0 Å². The fourth-order valence-electron chi connectivity index (χ4n) is 5.81. The molecule has 0 bridgehead atoms. The summed E-state index contributed by atoms with van der Waals surface area (Å²) in [6, 6.07) is 15.1. The number of hydrogen-bond donors (Lipinski definition) is 0. The number of likely N-dealkylation sites (tertiary alicyclic amines) is 1. The summed E-state index contributed by atoms with van der Waals surface area (Å²) in [5.74, 6) is 1.38. The van der Waals surface area contributed by atoms with E-state index in [0.29, 0.717) is 18.1 Å². The molecule has 1 fully saturated rings. The minimum absolute atomic E-state index is 0.0437. The summed E-state index contributed by atoms with van der Waals surface area (Å²) >= 11 is 0. The van der Waals surface area contributed by atoms with Gasteiger partial charge in [0.05, 0.1) is 6.42 Å². The van der Waals surface area contributed by atoms with Crippen molar-refractivity contribution in [1.29, 1.82) is 0 Å². The third-order valence-corrected chi connectivity index (χ3v) is 7.70. The van der Waals surface area contributed by atoms with Gasteiger partial charge in [0.1, 0.15) is 18.2 Å². The monoisotopic (exact) mass is 480 g/mol. The molecule has 2 aromatic rings. The van der Waals surface area contributed by atoms with E-state index >= 15 is 0 Å². The van der Waals surface area contributed by atoms with Crippen LogP contribution in [0.4, 0.5) is 4.39 Å². The SMILES string of the molecule is CC(C)CN1CCOc2ccccc2CCCCC2(CCN(C(=O)Cc3ccccc3F)CC2)C1. The first kappa shape index (κ1) is 25.7. The molecule has 0 unspecified atom stereocenters. The van der Waals surface area contributed by atoms with E-state index in [1.807, 2.05) is 4.90 Å². The number of carbonyl (C=O) groups excluding carboxylic acids is 1. The number of para-hydroxylation sites is 1. The van der Waals surface area contributed by atoms with Crippen LogP contribution in [0, 0.1) is 17.2 Å². The van der Waals surface area contributed by atoms with Crippen molar-refractivity contribution in [3.8, 4) is 5.75 Å². The lowest BCUT2D eigenvalue weighted by Crippen LogP contribution is -2.49. The molecule has 1 saturated heterocycles. The minimum Gasteiger partial charge on any atom is -0.492 e. The quantitative estimate of drug-likeness (QED) is 0.559. The van der Waals surface area contributed by atoms with Crippen LogP contribution < -0.4 is 4.74 Å². The molecule has 190 valence electrons. The molecule has 0 radical (unpaired) electrons. The van der Waals surface area contributed by atoms with Crippen molar-refractivity contribution in [2.24, 2.45) is 11.3 Å². The van der Waals surface area contributed by atoms with Crippen molar-refractivity contribution < 1.29 is 13.9 Å². The average molecular weight is 481 g/mol. The van der Waals surface area contributed by atoms with E-state index in [9.17, 15) is 9.18 Å². The molecule has 0 aliphatic carbocycles. The summed E-state index contributed by atoms with van der Waals surface area (Å²) in [6.07, 6.45) is 6.77. The van der Waals surface area contributed by atoms with Gasteiger partial charge in [0.2, 0.25) is 5.91 Å². The van der Waals surface area contributed by atoms with E-state index in [-0.39, 0.29) is 23.6 Å². The van der Waals surface area contributed by atoms with Gasteiger partial charge < -0.3 is 9.64 Å². The number of hydrogen-bond acceptors (Lipinski definition) is 3. The average Bonchev–Trinajstić information content (AvgIpc) is 2.83. The first-order valence-corrected chi connectivity index (χ1v) is 13.4. The molecule has 1 amide bonds. The second-order valence-electron chi connectivity index (χ2n) is 10.9. The topological polar surface area (TPSA) is 32.8 Å². The number of aryl methyl sites for hydroxylation is 1. The summed E-state index contributed by atoms with van der Waals surface area (Å²) in [4.78, 5) is 17.5. The number of halogens is 1. The highest BCUT2D eigenvalue weighted by Gasteiger charge is 2.37. The maximum Gasteiger partial charge on any atom is 0.227 e. The Hall–Kier alpha value is -2.40. The molecule has 4 rings (SSSR count). The van der Waals surface area contributed by atoms with Gasteiger partial charge in [-0.3, -0.25) is 9.69 Å². The third-order valence-electron chi connectivity index (χ3n) is 7.70. The second kappa shape index (κ2) is 12.0. The van der Waals surface area contributed by atoms with Crippen LogP contribution in [0.3, 0.4) is 0 Å². The number of amides is 1. The van der Waals surface area contributed by atoms with E-state index in [1.165, 1.54) is 24.5 Å². The highest BCUT2D eigenvalue weighted by molar-refractivity contribution is 5.79. The molecule has 0 atom stereocenters. The predicted octanol–water partition coefficient (Wildman–Crippen LogP) is 5.74. The lowest BCUT2D eigenvalue weighted by Gasteiger charge is -2.45. The second-order valence-corrected chi connectivity index (χ2v) is 10.9. The van der Waals surface area contributed by atoms with Crippen molar-refractivity contribution >= 4 is 5.91 Å². The molecular weight excluding hydrogens is 439 g/mol. The fraction of sp³-hybridized carbons (Fsp3) is 0.567. The molecule has 0 aromatic heterocycles. The first-order chi connectivity index (χ1) is 16.9. The number of ether oxygens (including phenoxy) is 1. The molecule has 0 N–H and O–H groups in total. The van der Waals surface area contributed by atoms with Crippen LogP contribution in [0.5, 0.6) is 5.75 Å². The van der Waals surface area contributed by atoms with E-state index in [4.69, 9.17) is 4.74 Å². The van der Waals surface area contributed by atoms with Gasteiger partial charge in [0.15, 0.2) is 0 Å². The van der Waals surface area contributed by atoms with Gasteiger partial charge in [0, 0.05) is 32.7 Å². The summed E-state index contributed by atoms with van der Waals surface area (Å²) in [5.41, 5.74) is 2.03. The summed E-state index contributed by atoms with van der Waals surface area (Å²) in [5, 5.41) is 0. The van der Waals surface area contributed by atoms with Crippen molar-refractivity contribution in [2.45, 2.75) is 58.8 Å². The molecule has 0 saturated carbocycles. The Balaban J connectivity index is 1.43. The van der Waals surface area contributed by atoms with E-state index in [1.54, 1.807) is 18.2 Å². The Morgan fingerprint density at radius 2 is 1.74 bits per heavy atom. The van der Waals surface area contributed by atoms with E-state index < -0.39 is 0 Å². The van der Waals surface area contributed by atoms with Gasteiger partial charge in [-0.25, -0.2) is 4.39 Å². The Morgan fingerprint density at radius 3 is 2.51 bits per heavy atom.